The highest BCUT2D eigenvalue weighted by Gasteiger charge is 2.21. The molecule has 0 aliphatic carbocycles. The molecule has 0 fully saturated rings. The number of nitrogens with zero attached hydrogens (tertiary/aromatic N) is 3. The Hall–Kier alpha value is -2.91. The Morgan fingerprint density at radius 3 is 2.20 bits per heavy atom. The van der Waals surface area contributed by atoms with Crippen LogP contribution in [-0.4, -0.2) is 9.78 Å². The van der Waals surface area contributed by atoms with Gasteiger partial charge in [-0.15, -0.1) is 0 Å². The van der Waals surface area contributed by atoms with Crippen LogP contribution in [0, 0.1) is 6.92 Å². The van der Waals surface area contributed by atoms with Crippen LogP contribution in [0.3, 0.4) is 0 Å². The van der Waals surface area contributed by atoms with E-state index in [0.717, 1.165) is 11.3 Å². The largest absolute Gasteiger partial charge is 1.00 e. The van der Waals surface area contributed by atoms with Crippen molar-refractivity contribution < 1.29 is 16.8 Å². The number of hydrogen-bond donors (Lipinski definition) is 0. The maximum atomic E-state index is 4.71. The molecule has 0 aliphatic rings. The molecule has 0 saturated heterocycles. The van der Waals surface area contributed by atoms with Crippen LogP contribution in [0.15, 0.2) is 79.1 Å². The first kappa shape index (κ1) is 15.6. The zero-order chi connectivity index (χ0) is 16.1. The molecule has 3 nitrogen and oxygen atoms in total. The summed E-state index contributed by atoms with van der Waals surface area (Å²) < 4.78 is 4.23. The first-order valence-electron chi connectivity index (χ1n) is 8.09. The van der Waals surface area contributed by atoms with Gasteiger partial charge in [-0.2, -0.15) is 4.40 Å². The third kappa shape index (κ3) is 2.20. The number of hydrogen-bond acceptors (Lipinski definition) is 1. The zero-order valence-electron chi connectivity index (χ0n) is 13.7. The molecule has 0 aliphatic heterocycles. The van der Waals surface area contributed by atoms with Crippen molar-refractivity contribution in [1.29, 1.82) is 0 Å². The molecular weight excluding hydrogens is 330 g/mol. The van der Waals surface area contributed by atoms with Crippen molar-refractivity contribution in [3.05, 3.63) is 84.7 Å². The van der Waals surface area contributed by atoms with Crippen molar-refractivity contribution in [3.8, 4) is 5.69 Å². The molecule has 2 aromatic heterocycles. The summed E-state index contributed by atoms with van der Waals surface area (Å²) in [6.45, 7) is 2.12. The number of fused-ring (bicyclic) bond motifs is 6. The summed E-state index contributed by atoms with van der Waals surface area (Å²) in [6, 6.07) is 25.4. The van der Waals surface area contributed by atoms with E-state index in [9.17, 15) is 0 Å². The molecule has 4 heteroatoms. The fourth-order valence-corrected chi connectivity index (χ4v) is 3.54. The minimum absolute atomic E-state index is 0. The molecule has 122 valence electrons. The number of pyridine rings is 1. The topological polar surface area (TPSA) is 21.9 Å². The molecule has 5 aromatic rings. The molecule has 5 rings (SSSR count). The van der Waals surface area contributed by atoms with Crippen molar-refractivity contribution in [2.24, 2.45) is 0 Å². The summed E-state index contributed by atoms with van der Waals surface area (Å²) >= 11 is 0. The predicted octanol–water partition coefficient (Wildman–Crippen LogP) is 1.23. The number of aryl methyl sites for hydroxylation is 1. The van der Waals surface area contributed by atoms with Crippen LogP contribution in [0.25, 0.3) is 33.0 Å². The van der Waals surface area contributed by atoms with Gasteiger partial charge in [-0.05, 0) is 36.1 Å². The van der Waals surface area contributed by atoms with E-state index in [-0.39, 0.29) is 12.4 Å². The first-order chi connectivity index (χ1) is 11.8. The average Bonchev–Trinajstić information content (AvgIpc) is 3.08. The molecule has 3 aromatic carbocycles. The van der Waals surface area contributed by atoms with Gasteiger partial charge in [0.1, 0.15) is 11.2 Å². The highest BCUT2D eigenvalue weighted by Crippen LogP contribution is 2.27. The normalized spacial score (nSPS) is 11.1. The lowest BCUT2D eigenvalue weighted by molar-refractivity contribution is -0.480. The summed E-state index contributed by atoms with van der Waals surface area (Å²) in [4.78, 5) is 0. The zero-order valence-corrected chi connectivity index (χ0v) is 14.5. The van der Waals surface area contributed by atoms with Gasteiger partial charge in [-0.25, -0.2) is 0 Å². The Morgan fingerprint density at radius 2 is 1.40 bits per heavy atom. The lowest BCUT2D eigenvalue weighted by Gasteiger charge is -2.06. The fraction of sp³-hybridized carbons (Fsp3) is 0.0476. The quantitative estimate of drug-likeness (QED) is 0.331. The maximum absolute atomic E-state index is 4.71. The molecule has 0 N–H and O–H groups in total. The Bertz CT molecular complexity index is 1220. The van der Waals surface area contributed by atoms with E-state index in [0.29, 0.717) is 0 Å². The maximum Gasteiger partial charge on any atom is 0.279 e. The molecule has 2 heterocycles. The second-order valence-corrected chi connectivity index (χ2v) is 6.09. The highest BCUT2D eigenvalue weighted by molar-refractivity contribution is 6.09. The second kappa shape index (κ2) is 5.87. The molecule has 25 heavy (non-hydrogen) atoms. The van der Waals surface area contributed by atoms with Gasteiger partial charge in [0, 0.05) is 10.5 Å². The van der Waals surface area contributed by atoms with Crippen LogP contribution in [0.2, 0.25) is 0 Å². The standard InChI is InChI=1S/C21H16N3.ClH/c1-15-8-2-6-12-19(15)24-21-18-11-4-3-9-16(18)17-10-5-7-13-20(17)23(21)14-22-24;/h2-14H,1H3;1H/q+1;/p-1. The molecule has 0 spiro atoms. The summed E-state index contributed by atoms with van der Waals surface area (Å²) in [6.07, 6.45) is 1.91. The van der Waals surface area contributed by atoms with Gasteiger partial charge in [-0.1, -0.05) is 59.3 Å². The number of halogens is 1. The number of benzene rings is 3. The number of para-hydroxylation sites is 2. The van der Waals surface area contributed by atoms with Gasteiger partial charge in [-0.3, -0.25) is 0 Å². The molecule has 0 saturated carbocycles. The summed E-state index contributed by atoms with van der Waals surface area (Å²) in [5, 5.41) is 8.41. The van der Waals surface area contributed by atoms with E-state index < -0.39 is 0 Å². The minimum Gasteiger partial charge on any atom is -1.00 e. The second-order valence-electron chi connectivity index (χ2n) is 6.09. The minimum atomic E-state index is 0. The van der Waals surface area contributed by atoms with E-state index in [1.807, 2.05) is 11.0 Å². The Kier molecular flexibility index (Phi) is 3.66. The summed E-state index contributed by atoms with van der Waals surface area (Å²) in [5.41, 5.74) is 4.59. The number of aromatic nitrogens is 3. The summed E-state index contributed by atoms with van der Waals surface area (Å²) in [5.74, 6) is 0. The van der Waals surface area contributed by atoms with Gasteiger partial charge in [0.2, 0.25) is 0 Å². The molecule has 0 amide bonds. The Balaban J connectivity index is 0.00000157. The van der Waals surface area contributed by atoms with E-state index >= 15 is 0 Å². The van der Waals surface area contributed by atoms with E-state index in [2.05, 4.69) is 84.1 Å². The molecular formula is C21H16ClN3. The van der Waals surface area contributed by atoms with Crippen LogP contribution in [0.1, 0.15) is 5.56 Å². The highest BCUT2D eigenvalue weighted by atomic mass is 35.5. The first-order valence-corrected chi connectivity index (χ1v) is 8.09. The van der Waals surface area contributed by atoms with Gasteiger partial charge in [0.15, 0.2) is 0 Å². The van der Waals surface area contributed by atoms with Crippen molar-refractivity contribution in [2.75, 3.05) is 0 Å². The third-order valence-electron chi connectivity index (χ3n) is 4.68. The van der Waals surface area contributed by atoms with Gasteiger partial charge < -0.3 is 12.4 Å². The number of rotatable bonds is 1. The van der Waals surface area contributed by atoms with Crippen LogP contribution < -0.4 is 16.8 Å². The summed E-state index contributed by atoms with van der Waals surface area (Å²) in [7, 11) is 0. The van der Waals surface area contributed by atoms with Crippen LogP contribution in [0.4, 0.5) is 0 Å². The smallest absolute Gasteiger partial charge is 0.279 e. The van der Waals surface area contributed by atoms with E-state index in [4.69, 9.17) is 5.10 Å². The lowest BCUT2D eigenvalue weighted by Crippen LogP contribution is -3.00. The van der Waals surface area contributed by atoms with Crippen LogP contribution in [0.5, 0.6) is 0 Å². The monoisotopic (exact) mass is 345 g/mol. The Morgan fingerprint density at radius 1 is 0.760 bits per heavy atom. The molecule has 0 atom stereocenters. The predicted molar refractivity (Wildman–Crippen MR) is 96.5 cm³/mol. The SMILES string of the molecule is Cc1ccccc1-n1nc[n+]2c3ccccc3c3ccccc3c12.[Cl-]. The third-order valence-corrected chi connectivity index (χ3v) is 4.68. The van der Waals surface area contributed by atoms with Crippen molar-refractivity contribution in [3.63, 3.8) is 0 Å². The van der Waals surface area contributed by atoms with E-state index in [1.54, 1.807) is 0 Å². The van der Waals surface area contributed by atoms with Crippen LogP contribution in [-0.2, 0) is 0 Å². The van der Waals surface area contributed by atoms with Gasteiger partial charge in [0.25, 0.3) is 12.0 Å². The van der Waals surface area contributed by atoms with Crippen molar-refractivity contribution in [2.45, 2.75) is 6.92 Å². The average molecular weight is 346 g/mol. The lowest BCUT2D eigenvalue weighted by atomic mass is 10.1. The van der Waals surface area contributed by atoms with Crippen LogP contribution >= 0.6 is 0 Å². The van der Waals surface area contributed by atoms with E-state index in [1.165, 1.54) is 27.2 Å². The molecule has 0 radical (unpaired) electrons. The van der Waals surface area contributed by atoms with Gasteiger partial charge in [0.05, 0.1) is 5.39 Å². The fourth-order valence-electron chi connectivity index (χ4n) is 3.54. The van der Waals surface area contributed by atoms with Gasteiger partial charge >= 0.3 is 0 Å². The Labute approximate surface area is 151 Å². The molecule has 0 bridgehead atoms. The van der Waals surface area contributed by atoms with Crippen molar-refractivity contribution in [1.82, 2.24) is 9.78 Å². The molecule has 0 unspecified atom stereocenters. The van der Waals surface area contributed by atoms with Crippen molar-refractivity contribution >= 4 is 27.3 Å².